The van der Waals surface area contributed by atoms with E-state index in [4.69, 9.17) is 14.6 Å². The average molecular weight is 376 g/mol. The summed E-state index contributed by atoms with van der Waals surface area (Å²) in [5.41, 5.74) is 3.25. The third kappa shape index (κ3) is 3.64. The standard InChI is InChI=1S/C21H16N2O5/c24-20(23-22-11-13-5-7-14(8-6-13)21(25)26)19-12-27-17-9-15-3-1-2-4-16(15)10-18(17)28-19/h1-11,19H,12H2,(H,23,24)(H,25,26). The van der Waals surface area contributed by atoms with Crippen LogP contribution in [0.4, 0.5) is 0 Å². The molecule has 1 heterocycles. The second-order valence-electron chi connectivity index (χ2n) is 6.23. The molecule has 3 aromatic rings. The highest BCUT2D eigenvalue weighted by Gasteiger charge is 2.27. The molecular weight excluding hydrogens is 360 g/mol. The number of carbonyl (C=O) groups excluding carboxylic acids is 1. The first-order valence-corrected chi connectivity index (χ1v) is 8.59. The Labute approximate surface area is 160 Å². The van der Waals surface area contributed by atoms with Gasteiger partial charge in [-0.1, -0.05) is 36.4 Å². The van der Waals surface area contributed by atoms with Crippen LogP contribution in [-0.4, -0.2) is 35.9 Å². The van der Waals surface area contributed by atoms with Gasteiger partial charge in [-0.2, -0.15) is 5.10 Å². The number of benzene rings is 3. The van der Waals surface area contributed by atoms with Crippen molar-refractivity contribution in [2.75, 3.05) is 6.61 Å². The van der Waals surface area contributed by atoms with Gasteiger partial charge in [0.2, 0.25) is 6.10 Å². The highest BCUT2D eigenvalue weighted by molar-refractivity contribution is 5.90. The first-order valence-electron chi connectivity index (χ1n) is 8.59. The van der Waals surface area contributed by atoms with Crippen molar-refractivity contribution < 1.29 is 24.2 Å². The molecule has 0 saturated carbocycles. The van der Waals surface area contributed by atoms with Crippen molar-refractivity contribution in [2.45, 2.75) is 6.10 Å². The first-order chi connectivity index (χ1) is 13.6. The van der Waals surface area contributed by atoms with Crippen LogP contribution in [0.25, 0.3) is 10.8 Å². The summed E-state index contributed by atoms with van der Waals surface area (Å²) in [4.78, 5) is 23.1. The SMILES string of the molecule is O=C(O)c1ccc(C=NNC(=O)C2COc3cc4ccccc4cc3O2)cc1. The van der Waals surface area contributed by atoms with Crippen molar-refractivity contribution in [1.82, 2.24) is 5.43 Å². The molecule has 1 aliphatic rings. The summed E-state index contributed by atoms with van der Waals surface area (Å²) >= 11 is 0. The summed E-state index contributed by atoms with van der Waals surface area (Å²) in [7, 11) is 0. The molecule has 1 atom stereocenters. The zero-order valence-corrected chi connectivity index (χ0v) is 14.7. The van der Waals surface area contributed by atoms with Gasteiger partial charge in [0, 0.05) is 0 Å². The molecule has 2 N–H and O–H groups in total. The Balaban J connectivity index is 1.40. The van der Waals surface area contributed by atoms with Gasteiger partial charge in [0.15, 0.2) is 11.5 Å². The van der Waals surface area contributed by atoms with Crippen LogP contribution < -0.4 is 14.9 Å². The first kappa shape index (κ1) is 17.5. The Morgan fingerprint density at radius 3 is 2.39 bits per heavy atom. The lowest BCUT2D eigenvalue weighted by atomic mass is 10.1. The van der Waals surface area contributed by atoms with E-state index in [-0.39, 0.29) is 12.2 Å². The van der Waals surface area contributed by atoms with E-state index in [9.17, 15) is 9.59 Å². The number of nitrogens with one attached hydrogen (secondary N) is 1. The number of fused-ring (bicyclic) bond motifs is 2. The maximum absolute atomic E-state index is 12.3. The average Bonchev–Trinajstić information content (AvgIpc) is 2.72. The van der Waals surface area contributed by atoms with Gasteiger partial charge < -0.3 is 14.6 Å². The number of aromatic carboxylic acids is 1. The fourth-order valence-electron chi connectivity index (χ4n) is 2.84. The Bertz CT molecular complexity index is 1080. The Hall–Kier alpha value is -3.87. The lowest BCUT2D eigenvalue weighted by Crippen LogP contribution is -2.42. The van der Waals surface area contributed by atoms with E-state index in [2.05, 4.69) is 10.5 Å². The molecule has 1 aliphatic heterocycles. The van der Waals surface area contributed by atoms with Crippen molar-refractivity contribution in [3.8, 4) is 11.5 Å². The number of nitrogens with zero attached hydrogens (tertiary/aromatic N) is 1. The van der Waals surface area contributed by atoms with Gasteiger partial charge in [-0.05, 0) is 40.6 Å². The minimum atomic E-state index is -1.00. The Kier molecular flexibility index (Phi) is 4.63. The van der Waals surface area contributed by atoms with E-state index in [0.717, 1.165) is 10.8 Å². The van der Waals surface area contributed by atoms with Crippen molar-refractivity contribution in [3.05, 3.63) is 71.8 Å². The molecule has 0 bridgehead atoms. The maximum Gasteiger partial charge on any atom is 0.335 e. The van der Waals surface area contributed by atoms with Crippen molar-refractivity contribution >= 4 is 28.9 Å². The second-order valence-corrected chi connectivity index (χ2v) is 6.23. The third-order valence-electron chi connectivity index (χ3n) is 4.31. The minimum absolute atomic E-state index is 0.0833. The monoisotopic (exact) mass is 376 g/mol. The van der Waals surface area contributed by atoms with E-state index in [0.29, 0.717) is 17.1 Å². The summed E-state index contributed by atoms with van der Waals surface area (Å²) in [6.07, 6.45) is 0.606. The van der Waals surface area contributed by atoms with E-state index < -0.39 is 18.0 Å². The number of hydrogen-bond acceptors (Lipinski definition) is 5. The van der Waals surface area contributed by atoms with E-state index in [1.54, 1.807) is 12.1 Å². The molecule has 0 aliphatic carbocycles. The molecular formula is C21H16N2O5. The Morgan fingerprint density at radius 1 is 1.04 bits per heavy atom. The molecule has 28 heavy (non-hydrogen) atoms. The summed E-state index contributed by atoms with van der Waals surface area (Å²) in [6.45, 7) is 0.0833. The predicted octanol–water partition coefficient (Wildman–Crippen LogP) is 2.83. The summed E-state index contributed by atoms with van der Waals surface area (Å²) in [6, 6.07) is 17.7. The van der Waals surface area contributed by atoms with Crippen LogP contribution in [0.5, 0.6) is 11.5 Å². The molecule has 1 amide bonds. The summed E-state index contributed by atoms with van der Waals surface area (Å²) < 4.78 is 11.4. The van der Waals surface area contributed by atoms with E-state index in [1.807, 2.05) is 36.4 Å². The van der Waals surface area contributed by atoms with Crippen LogP contribution in [0.15, 0.2) is 65.8 Å². The lowest BCUT2D eigenvalue weighted by Gasteiger charge is -2.25. The van der Waals surface area contributed by atoms with Crippen LogP contribution in [-0.2, 0) is 4.79 Å². The van der Waals surface area contributed by atoms with Gasteiger partial charge in [-0.25, -0.2) is 10.2 Å². The number of carboxylic acids is 1. The smallest absolute Gasteiger partial charge is 0.335 e. The quantitative estimate of drug-likeness (QED) is 0.539. The van der Waals surface area contributed by atoms with Gasteiger partial charge in [-0.3, -0.25) is 4.79 Å². The van der Waals surface area contributed by atoms with Crippen LogP contribution in [0, 0.1) is 0 Å². The minimum Gasteiger partial charge on any atom is -0.485 e. The van der Waals surface area contributed by atoms with Crippen molar-refractivity contribution in [2.24, 2.45) is 5.10 Å². The molecule has 7 heteroatoms. The Morgan fingerprint density at radius 2 is 1.71 bits per heavy atom. The number of rotatable bonds is 4. The topological polar surface area (TPSA) is 97.2 Å². The molecule has 1 unspecified atom stereocenters. The molecule has 0 radical (unpaired) electrons. The zero-order chi connectivity index (χ0) is 19.5. The number of carboxylic acid groups (broad SMARTS) is 1. The number of hydrazone groups is 1. The summed E-state index contributed by atoms with van der Waals surface area (Å²) in [5.74, 6) is -0.320. The molecule has 0 fully saturated rings. The van der Waals surface area contributed by atoms with Crippen LogP contribution in [0.1, 0.15) is 15.9 Å². The molecule has 4 rings (SSSR count). The highest BCUT2D eigenvalue weighted by Crippen LogP contribution is 2.35. The van der Waals surface area contributed by atoms with Gasteiger partial charge in [0.1, 0.15) is 6.61 Å². The van der Waals surface area contributed by atoms with Gasteiger partial charge in [0.25, 0.3) is 5.91 Å². The van der Waals surface area contributed by atoms with Crippen LogP contribution >= 0.6 is 0 Å². The van der Waals surface area contributed by atoms with Crippen LogP contribution in [0.3, 0.4) is 0 Å². The molecule has 140 valence electrons. The number of ether oxygens (including phenoxy) is 2. The summed E-state index contributed by atoms with van der Waals surface area (Å²) in [5, 5.41) is 14.8. The van der Waals surface area contributed by atoms with Gasteiger partial charge >= 0.3 is 5.97 Å². The largest absolute Gasteiger partial charge is 0.485 e. The zero-order valence-electron chi connectivity index (χ0n) is 14.7. The lowest BCUT2D eigenvalue weighted by molar-refractivity contribution is -0.130. The number of carbonyl (C=O) groups is 2. The van der Waals surface area contributed by atoms with Crippen molar-refractivity contribution in [3.63, 3.8) is 0 Å². The second kappa shape index (κ2) is 7.40. The van der Waals surface area contributed by atoms with Gasteiger partial charge in [0.05, 0.1) is 11.8 Å². The van der Waals surface area contributed by atoms with Crippen LogP contribution in [0.2, 0.25) is 0 Å². The highest BCUT2D eigenvalue weighted by atomic mass is 16.6. The molecule has 7 nitrogen and oxygen atoms in total. The fourth-order valence-corrected chi connectivity index (χ4v) is 2.84. The fraction of sp³-hybridized carbons (Fsp3) is 0.0952. The molecule has 0 saturated heterocycles. The number of hydrogen-bond donors (Lipinski definition) is 2. The normalized spacial score (nSPS) is 15.5. The molecule has 0 spiro atoms. The van der Waals surface area contributed by atoms with Crippen molar-refractivity contribution in [1.29, 1.82) is 0 Å². The third-order valence-corrected chi connectivity index (χ3v) is 4.31. The predicted molar refractivity (Wildman–Crippen MR) is 103 cm³/mol. The molecule has 3 aromatic carbocycles. The maximum atomic E-state index is 12.3. The van der Waals surface area contributed by atoms with E-state index >= 15 is 0 Å². The number of amides is 1. The van der Waals surface area contributed by atoms with Gasteiger partial charge in [-0.15, -0.1) is 0 Å². The van der Waals surface area contributed by atoms with E-state index in [1.165, 1.54) is 18.3 Å². The molecule has 0 aromatic heterocycles.